The summed E-state index contributed by atoms with van der Waals surface area (Å²) in [5.74, 6) is 0. The Bertz CT molecular complexity index is 281. The van der Waals surface area contributed by atoms with Crippen molar-refractivity contribution in [3.63, 3.8) is 0 Å². The fraction of sp³-hybridized carbons (Fsp3) is 1.00. The number of fused-ring (bicyclic) bond motifs is 1. The van der Waals surface area contributed by atoms with Crippen LogP contribution in [0.3, 0.4) is 0 Å². The molecule has 3 heteroatoms. The molecule has 2 atom stereocenters. The molecule has 2 unspecified atom stereocenters. The molecule has 0 aliphatic carbocycles. The number of nitrogens with zero attached hydrogens (tertiary/aromatic N) is 3. The van der Waals surface area contributed by atoms with E-state index in [-0.39, 0.29) is 0 Å². The van der Waals surface area contributed by atoms with Crippen LogP contribution in [0.15, 0.2) is 0 Å². The number of likely N-dealkylation sites (tertiary alicyclic amines) is 1. The lowest BCUT2D eigenvalue weighted by Crippen LogP contribution is -2.48. The summed E-state index contributed by atoms with van der Waals surface area (Å²) < 4.78 is 0. The fourth-order valence-corrected chi connectivity index (χ4v) is 4.29. The summed E-state index contributed by atoms with van der Waals surface area (Å²) in [6.07, 6.45) is 9.98. The first kappa shape index (κ1) is 13.8. The topological polar surface area (TPSA) is 9.72 Å². The third kappa shape index (κ3) is 3.50. The van der Waals surface area contributed by atoms with Gasteiger partial charge < -0.3 is 9.80 Å². The van der Waals surface area contributed by atoms with Gasteiger partial charge in [0.1, 0.15) is 0 Å². The Morgan fingerprint density at radius 2 is 1.63 bits per heavy atom. The minimum atomic E-state index is 0.823. The van der Waals surface area contributed by atoms with E-state index in [1.807, 2.05) is 0 Å². The van der Waals surface area contributed by atoms with E-state index in [2.05, 4.69) is 21.7 Å². The molecule has 3 fully saturated rings. The van der Waals surface area contributed by atoms with Crippen LogP contribution < -0.4 is 0 Å². The van der Waals surface area contributed by atoms with E-state index in [9.17, 15) is 0 Å². The van der Waals surface area contributed by atoms with Crippen molar-refractivity contribution in [1.82, 2.24) is 14.7 Å². The monoisotopic (exact) mass is 265 g/mol. The molecule has 3 saturated heterocycles. The normalized spacial score (nSPS) is 35.8. The van der Waals surface area contributed by atoms with Gasteiger partial charge in [0.15, 0.2) is 0 Å². The molecule has 0 radical (unpaired) electrons. The molecule has 110 valence electrons. The quantitative estimate of drug-likeness (QED) is 0.756. The maximum Gasteiger partial charge on any atom is 0.0223 e. The molecular formula is C16H31N3. The largest absolute Gasteiger partial charge is 0.302 e. The van der Waals surface area contributed by atoms with E-state index in [1.165, 1.54) is 84.2 Å². The number of rotatable bonds is 2. The van der Waals surface area contributed by atoms with Crippen molar-refractivity contribution in [2.75, 3.05) is 46.3 Å². The van der Waals surface area contributed by atoms with Gasteiger partial charge in [0.25, 0.3) is 0 Å². The highest BCUT2D eigenvalue weighted by Crippen LogP contribution is 2.22. The van der Waals surface area contributed by atoms with Crippen LogP contribution in [0, 0.1) is 0 Å². The van der Waals surface area contributed by atoms with Crippen molar-refractivity contribution < 1.29 is 0 Å². The minimum Gasteiger partial charge on any atom is -0.302 e. The molecular weight excluding hydrogens is 234 g/mol. The van der Waals surface area contributed by atoms with E-state index >= 15 is 0 Å². The number of hydrogen-bond acceptors (Lipinski definition) is 3. The second-order valence-electron chi connectivity index (χ2n) is 6.93. The Hall–Kier alpha value is -0.120. The van der Waals surface area contributed by atoms with Crippen molar-refractivity contribution in [2.45, 2.75) is 57.0 Å². The van der Waals surface area contributed by atoms with Gasteiger partial charge in [-0.25, -0.2) is 0 Å². The number of piperidine rings is 2. The number of likely N-dealkylation sites (N-methyl/N-ethyl adjacent to an activating group) is 1. The molecule has 0 aromatic rings. The molecule has 19 heavy (non-hydrogen) atoms. The Balaban J connectivity index is 1.55. The van der Waals surface area contributed by atoms with E-state index in [0.717, 1.165) is 12.1 Å². The van der Waals surface area contributed by atoms with Crippen LogP contribution in [0.1, 0.15) is 44.9 Å². The van der Waals surface area contributed by atoms with E-state index < -0.39 is 0 Å². The van der Waals surface area contributed by atoms with Gasteiger partial charge in [-0.15, -0.1) is 0 Å². The second kappa shape index (κ2) is 6.55. The standard InChI is InChI=1S/C16H31N3/c1-17-9-4-2-7-15(17)13-18-10-6-12-19-11-5-3-8-16(19)14-18/h15-16H,2-14H2,1H3. The molecule has 0 spiro atoms. The zero-order valence-corrected chi connectivity index (χ0v) is 12.7. The van der Waals surface area contributed by atoms with Gasteiger partial charge in [0.05, 0.1) is 0 Å². The van der Waals surface area contributed by atoms with Crippen LogP contribution in [-0.4, -0.2) is 73.1 Å². The first-order valence-electron chi connectivity index (χ1n) is 8.49. The molecule has 3 aliphatic heterocycles. The molecule has 3 heterocycles. The van der Waals surface area contributed by atoms with E-state index in [0.29, 0.717) is 0 Å². The van der Waals surface area contributed by atoms with Gasteiger partial charge in [-0.1, -0.05) is 12.8 Å². The lowest BCUT2D eigenvalue weighted by molar-refractivity contribution is 0.104. The molecule has 3 rings (SSSR count). The molecule has 0 aromatic carbocycles. The highest BCUT2D eigenvalue weighted by Gasteiger charge is 2.29. The third-order valence-corrected chi connectivity index (χ3v) is 5.53. The van der Waals surface area contributed by atoms with Gasteiger partial charge in [0.2, 0.25) is 0 Å². The minimum absolute atomic E-state index is 0.823. The van der Waals surface area contributed by atoms with Crippen molar-refractivity contribution in [2.24, 2.45) is 0 Å². The summed E-state index contributed by atoms with van der Waals surface area (Å²) in [7, 11) is 2.33. The van der Waals surface area contributed by atoms with Crippen LogP contribution in [0.2, 0.25) is 0 Å². The predicted molar refractivity (Wildman–Crippen MR) is 80.5 cm³/mol. The second-order valence-corrected chi connectivity index (χ2v) is 6.93. The van der Waals surface area contributed by atoms with Crippen LogP contribution in [-0.2, 0) is 0 Å². The molecule has 3 nitrogen and oxygen atoms in total. The Labute approximate surface area is 118 Å². The van der Waals surface area contributed by atoms with Gasteiger partial charge in [-0.05, 0) is 65.3 Å². The third-order valence-electron chi connectivity index (χ3n) is 5.53. The van der Waals surface area contributed by atoms with Crippen molar-refractivity contribution in [3.05, 3.63) is 0 Å². The van der Waals surface area contributed by atoms with Crippen LogP contribution in [0.5, 0.6) is 0 Å². The van der Waals surface area contributed by atoms with Crippen LogP contribution >= 0.6 is 0 Å². The van der Waals surface area contributed by atoms with Gasteiger partial charge >= 0.3 is 0 Å². The van der Waals surface area contributed by atoms with Crippen LogP contribution in [0.4, 0.5) is 0 Å². The maximum absolute atomic E-state index is 2.78. The fourth-order valence-electron chi connectivity index (χ4n) is 4.29. The average molecular weight is 265 g/mol. The molecule has 0 saturated carbocycles. The summed E-state index contributed by atoms with van der Waals surface area (Å²) in [5.41, 5.74) is 0. The highest BCUT2D eigenvalue weighted by atomic mass is 15.3. The smallest absolute Gasteiger partial charge is 0.0223 e. The lowest BCUT2D eigenvalue weighted by atomic mass is 10.0. The Kier molecular flexibility index (Phi) is 4.78. The molecule has 0 aromatic heterocycles. The summed E-state index contributed by atoms with van der Waals surface area (Å²) >= 11 is 0. The maximum atomic E-state index is 2.78. The summed E-state index contributed by atoms with van der Waals surface area (Å²) in [5, 5.41) is 0. The molecule has 3 aliphatic rings. The summed E-state index contributed by atoms with van der Waals surface area (Å²) in [4.78, 5) is 8.16. The predicted octanol–water partition coefficient (Wildman–Crippen LogP) is 2.03. The lowest BCUT2D eigenvalue weighted by Gasteiger charge is -2.38. The first-order chi connectivity index (χ1) is 9.33. The van der Waals surface area contributed by atoms with Crippen LogP contribution in [0.25, 0.3) is 0 Å². The Morgan fingerprint density at radius 3 is 2.53 bits per heavy atom. The average Bonchev–Trinajstić information content (AvgIpc) is 2.63. The highest BCUT2D eigenvalue weighted by molar-refractivity contribution is 4.86. The van der Waals surface area contributed by atoms with E-state index in [1.54, 1.807) is 0 Å². The summed E-state index contributed by atoms with van der Waals surface area (Å²) in [6.45, 7) is 8.01. The molecule has 0 bridgehead atoms. The Morgan fingerprint density at radius 1 is 0.842 bits per heavy atom. The van der Waals surface area contributed by atoms with Crippen molar-refractivity contribution in [3.8, 4) is 0 Å². The van der Waals surface area contributed by atoms with E-state index in [4.69, 9.17) is 0 Å². The van der Waals surface area contributed by atoms with Gasteiger partial charge in [-0.2, -0.15) is 0 Å². The van der Waals surface area contributed by atoms with Gasteiger partial charge in [-0.3, -0.25) is 4.90 Å². The zero-order chi connectivity index (χ0) is 13.1. The van der Waals surface area contributed by atoms with Crippen molar-refractivity contribution in [1.29, 1.82) is 0 Å². The number of hydrogen-bond donors (Lipinski definition) is 0. The zero-order valence-electron chi connectivity index (χ0n) is 12.7. The molecule has 0 amide bonds. The first-order valence-corrected chi connectivity index (χ1v) is 8.49. The molecule has 0 N–H and O–H groups in total. The summed E-state index contributed by atoms with van der Waals surface area (Å²) in [6, 6.07) is 1.69. The van der Waals surface area contributed by atoms with Gasteiger partial charge in [0, 0.05) is 25.2 Å². The SMILES string of the molecule is CN1CCCCC1CN1CCCN2CCCCC2C1. The van der Waals surface area contributed by atoms with Crippen molar-refractivity contribution >= 4 is 0 Å².